The molecule has 110 valence electrons. The lowest BCUT2D eigenvalue weighted by Crippen LogP contribution is -2.33. The second-order valence-corrected chi connectivity index (χ2v) is 8.63. The van der Waals surface area contributed by atoms with E-state index in [0.717, 1.165) is 16.4 Å². The molecule has 0 aliphatic carbocycles. The SMILES string of the molecule is C=Cn1ccnc1P(=S)(c1ccncc1)c1nccn1C=C. The number of nitrogens with zero attached hydrogens (tertiary/aromatic N) is 5. The lowest BCUT2D eigenvalue weighted by atomic mass is 10.5. The maximum absolute atomic E-state index is 6.14. The first-order chi connectivity index (χ1) is 10.7. The number of hydrogen-bond donors (Lipinski definition) is 0. The third-order valence-corrected chi connectivity index (χ3v) is 7.74. The van der Waals surface area contributed by atoms with E-state index in [-0.39, 0.29) is 0 Å². The number of aromatic nitrogens is 5. The van der Waals surface area contributed by atoms with Crippen LogP contribution in [0, 0.1) is 0 Å². The summed E-state index contributed by atoms with van der Waals surface area (Å²) in [5, 5.41) is 0.973. The molecule has 0 spiro atoms. The molecular formula is C15H14N5PS. The van der Waals surface area contributed by atoms with Gasteiger partial charge in [0.15, 0.2) is 11.1 Å². The molecule has 7 heteroatoms. The van der Waals surface area contributed by atoms with Crippen molar-refractivity contribution in [1.82, 2.24) is 24.1 Å². The maximum Gasteiger partial charge on any atom is 0.157 e. The average molecular weight is 327 g/mol. The van der Waals surface area contributed by atoms with Crippen LogP contribution >= 0.6 is 6.04 Å². The van der Waals surface area contributed by atoms with Crippen molar-refractivity contribution >= 4 is 46.7 Å². The molecule has 0 atom stereocenters. The molecule has 0 N–H and O–H groups in total. The Morgan fingerprint density at radius 2 is 1.41 bits per heavy atom. The van der Waals surface area contributed by atoms with Crippen LogP contribution in [0.1, 0.15) is 0 Å². The van der Waals surface area contributed by atoms with Gasteiger partial charge in [-0.2, -0.15) is 0 Å². The summed E-state index contributed by atoms with van der Waals surface area (Å²) in [6.07, 6.45) is 14.0. The highest BCUT2D eigenvalue weighted by Gasteiger charge is 2.32. The van der Waals surface area contributed by atoms with E-state index < -0.39 is 6.04 Å². The van der Waals surface area contributed by atoms with Crippen molar-refractivity contribution in [1.29, 1.82) is 0 Å². The quantitative estimate of drug-likeness (QED) is 0.665. The fraction of sp³-hybridized carbons (Fsp3) is 0. The molecule has 3 heterocycles. The van der Waals surface area contributed by atoms with Crippen LogP contribution in [0.25, 0.3) is 12.4 Å². The number of pyridine rings is 1. The summed E-state index contributed by atoms with van der Waals surface area (Å²) < 4.78 is 3.70. The molecule has 3 rings (SSSR count). The molecule has 0 bridgehead atoms. The second kappa shape index (κ2) is 5.83. The molecule has 0 radical (unpaired) electrons. The summed E-state index contributed by atoms with van der Waals surface area (Å²) in [5.41, 5.74) is 1.52. The largest absolute Gasteiger partial charge is 0.306 e. The lowest BCUT2D eigenvalue weighted by Gasteiger charge is -2.21. The Morgan fingerprint density at radius 1 is 0.909 bits per heavy atom. The van der Waals surface area contributed by atoms with E-state index in [0.29, 0.717) is 0 Å². The van der Waals surface area contributed by atoms with Crippen molar-refractivity contribution in [2.24, 2.45) is 0 Å². The van der Waals surface area contributed by atoms with Gasteiger partial charge in [-0.15, -0.1) is 0 Å². The highest BCUT2D eigenvalue weighted by Crippen LogP contribution is 2.41. The molecule has 0 aliphatic rings. The first kappa shape index (κ1) is 14.6. The van der Waals surface area contributed by atoms with E-state index in [9.17, 15) is 0 Å². The van der Waals surface area contributed by atoms with E-state index in [1.54, 1.807) is 37.2 Å². The third-order valence-electron chi connectivity index (χ3n) is 3.28. The molecule has 22 heavy (non-hydrogen) atoms. The summed E-state index contributed by atoms with van der Waals surface area (Å²) in [6, 6.07) is 1.41. The van der Waals surface area contributed by atoms with Gasteiger partial charge >= 0.3 is 0 Å². The van der Waals surface area contributed by atoms with Gasteiger partial charge in [0, 0.05) is 54.9 Å². The predicted octanol–water partition coefficient (Wildman–Crippen LogP) is 1.43. The first-order valence-corrected chi connectivity index (χ1v) is 9.34. The van der Waals surface area contributed by atoms with Crippen LogP contribution in [0.5, 0.6) is 0 Å². The molecule has 0 unspecified atom stereocenters. The van der Waals surface area contributed by atoms with Crippen LogP contribution < -0.4 is 16.4 Å². The highest BCUT2D eigenvalue weighted by molar-refractivity contribution is 8.25. The van der Waals surface area contributed by atoms with Gasteiger partial charge < -0.3 is 9.13 Å². The van der Waals surface area contributed by atoms with Crippen LogP contribution in [-0.4, -0.2) is 24.1 Å². The zero-order valence-electron chi connectivity index (χ0n) is 11.8. The summed E-state index contributed by atoms with van der Waals surface area (Å²) in [4.78, 5) is 13.1. The zero-order chi connectivity index (χ0) is 15.6. The van der Waals surface area contributed by atoms with E-state index in [4.69, 9.17) is 11.8 Å². The van der Waals surface area contributed by atoms with Gasteiger partial charge in [-0.1, -0.05) is 25.0 Å². The Hall–Kier alpha value is -2.30. The molecular weight excluding hydrogens is 313 g/mol. The van der Waals surface area contributed by atoms with Crippen molar-refractivity contribution in [3.05, 3.63) is 62.5 Å². The van der Waals surface area contributed by atoms with Gasteiger partial charge in [-0.05, 0) is 12.1 Å². The van der Waals surface area contributed by atoms with Gasteiger partial charge in [0.1, 0.15) is 6.04 Å². The monoisotopic (exact) mass is 327 g/mol. The Labute approximate surface area is 133 Å². The Kier molecular flexibility index (Phi) is 3.88. The van der Waals surface area contributed by atoms with Gasteiger partial charge in [-0.3, -0.25) is 4.98 Å². The summed E-state index contributed by atoms with van der Waals surface area (Å²) >= 11 is 6.14. The zero-order valence-corrected chi connectivity index (χ0v) is 13.5. The minimum atomic E-state index is -2.43. The number of rotatable bonds is 5. The van der Waals surface area contributed by atoms with Crippen LogP contribution in [0.3, 0.4) is 0 Å². The van der Waals surface area contributed by atoms with E-state index >= 15 is 0 Å². The van der Waals surface area contributed by atoms with Crippen LogP contribution in [-0.2, 0) is 11.8 Å². The topological polar surface area (TPSA) is 48.5 Å². The van der Waals surface area contributed by atoms with E-state index in [1.165, 1.54) is 0 Å². The van der Waals surface area contributed by atoms with Crippen molar-refractivity contribution in [3.8, 4) is 0 Å². The maximum atomic E-state index is 6.14. The van der Waals surface area contributed by atoms with Crippen molar-refractivity contribution in [2.45, 2.75) is 0 Å². The molecule has 3 aromatic rings. The van der Waals surface area contributed by atoms with Crippen LogP contribution in [0.2, 0.25) is 0 Å². The molecule has 0 saturated carbocycles. The Balaban J connectivity index is 2.35. The molecule has 3 aromatic heterocycles. The van der Waals surface area contributed by atoms with Crippen molar-refractivity contribution in [2.75, 3.05) is 0 Å². The molecule has 0 aliphatic heterocycles. The lowest BCUT2D eigenvalue weighted by molar-refractivity contribution is 1.18. The number of hydrogen-bond acceptors (Lipinski definition) is 4. The van der Waals surface area contributed by atoms with E-state index in [1.807, 2.05) is 33.7 Å². The second-order valence-electron chi connectivity index (χ2n) is 4.45. The van der Waals surface area contributed by atoms with Crippen LogP contribution in [0.15, 0.2) is 62.5 Å². The number of imidazole rings is 2. The normalized spacial score (nSPS) is 11.3. The highest BCUT2D eigenvalue weighted by atomic mass is 32.4. The molecule has 0 aromatic carbocycles. The summed E-state index contributed by atoms with van der Waals surface area (Å²) in [6.45, 7) is 7.66. The smallest absolute Gasteiger partial charge is 0.157 e. The minimum absolute atomic E-state index is 0.762. The minimum Gasteiger partial charge on any atom is -0.306 e. The molecule has 0 fully saturated rings. The Morgan fingerprint density at radius 3 is 1.86 bits per heavy atom. The fourth-order valence-corrected chi connectivity index (χ4v) is 6.07. The first-order valence-electron chi connectivity index (χ1n) is 6.54. The molecule has 5 nitrogen and oxygen atoms in total. The predicted molar refractivity (Wildman–Crippen MR) is 94.7 cm³/mol. The standard InChI is InChI=1S/C15H14N5PS/c1-3-19-11-9-17-14(19)21(22,13-5-7-16-8-6-13)15-18-10-12-20(15)4-2/h3-12H,1-2H2. The fourth-order valence-electron chi connectivity index (χ4n) is 2.26. The third kappa shape index (κ3) is 2.17. The summed E-state index contributed by atoms with van der Waals surface area (Å²) in [5.74, 6) is 0. The van der Waals surface area contributed by atoms with Gasteiger partial charge in [0.2, 0.25) is 0 Å². The van der Waals surface area contributed by atoms with Crippen molar-refractivity contribution < 1.29 is 0 Å². The van der Waals surface area contributed by atoms with Crippen molar-refractivity contribution in [3.63, 3.8) is 0 Å². The van der Waals surface area contributed by atoms with Gasteiger partial charge in [0.25, 0.3) is 0 Å². The summed E-state index contributed by atoms with van der Waals surface area (Å²) in [7, 11) is 0. The van der Waals surface area contributed by atoms with Crippen LogP contribution in [0.4, 0.5) is 0 Å². The van der Waals surface area contributed by atoms with Gasteiger partial charge in [-0.25, -0.2) is 9.97 Å². The average Bonchev–Trinajstić information content (AvgIpc) is 3.23. The van der Waals surface area contributed by atoms with Gasteiger partial charge in [0.05, 0.1) is 0 Å². The molecule has 0 saturated heterocycles. The molecule has 0 amide bonds. The van der Waals surface area contributed by atoms with E-state index in [2.05, 4.69) is 28.1 Å². The Bertz CT molecular complexity index is 815.